The summed E-state index contributed by atoms with van der Waals surface area (Å²) >= 11 is 0. The predicted octanol–water partition coefficient (Wildman–Crippen LogP) is 3.58. The highest BCUT2D eigenvalue weighted by atomic mass is 16.2. The van der Waals surface area contributed by atoms with E-state index < -0.39 is 11.8 Å². The minimum atomic E-state index is -0.457. The van der Waals surface area contributed by atoms with Crippen molar-refractivity contribution in [3.63, 3.8) is 0 Å². The Morgan fingerprint density at radius 1 is 0.760 bits per heavy atom. The molecule has 5 nitrogen and oxygen atoms in total. The van der Waals surface area contributed by atoms with E-state index in [1.165, 1.54) is 12.4 Å². The smallest absolute Gasteiger partial charge is 0.267 e. The molecule has 0 radical (unpaired) electrons. The molecule has 0 aliphatic heterocycles. The molecule has 0 unspecified atom stereocenters. The fourth-order valence-electron chi connectivity index (χ4n) is 2.49. The normalized spacial score (nSPS) is 10.3. The van der Waals surface area contributed by atoms with E-state index in [0.29, 0.717) is 11.1 Å². The number of rotatable bonds is 3. The maximum Gasteiger partial charge on any atom is 0.267 e. The van der Waals surface area contributed by atoms with E-state index in [2.05, 4.69) is 9.97 Å². The summed E-state index contributed by atoms with van der Waals surface area (Å²) in [6, 6.07) is 15.8. The van der Waals surface area contributed by atoms with Crippen LogP contribution in [0.4, 0.5) is 5.95 Å². The molecule has 0 fully saturated rings. The van der Waals surface area contributed by atoms with Crippen LogP contribution in [0.25, 0.3) is 0 Å². The number of aryl methyl sites for hydroxylation is 2. The molecule has 0 atom stereocenters. The summed E-state index contributed by atoms with van der Waals surface area (Å²) in [5.41, 5.74) is 2.69. The summed E-state index contributed by atoms with van der Waals surface area (Å²) in [5, 5.41) is 0. The largest absolute Gasteiger partial charge is 0.268 e. The molecule has 124 valence electrons. The third kappa shape index (κ3) is 3.61. The zero-order valence-electron chi connectivity index (χ0n) is 14.0. The van der Waals surface area contributed by atoms with Gasteiger partial charge in [0.1, 0.15) is 0 Å². The molecule has 0 saturated carbocycles. The van der Waals surface area contributed by atoms with Crippen LogP contribution in [0, 0.1) is 13.8 Å². The molecular weight excluding hydrogens is 314 g/mol. The molecule has 1 heterocycles. The molecule has 2 amide bonds. The van der Waals surface area contributed by atoms with Crippen molar-refractivity contribution in [2.45, 2.75) is 13.8 Å². The lowest BCUT2D eigenvalue weighted by Crippen LogP contribution is -2.38. The molecule has 5 heteroatoms. The molecule has 2 aromatic carbocycles. The molecule has 0 aliphatic rings. The van der Waals surface area contributed by atoms with E-state index in [0.717, 1.165) is 16.0 Å². The lowest BCUT2D eigenvalue weighted by Gasteiger charge is -2.19. The number of anilines is 1. The first-order valence-electron chi connectivity index (χ1n) is 7.85. The zero-order chi connectivity index (χ0) is 17.8. The minimum absolute atomic E-state index is 0.0560. The number of benzene rings is 2. The van der Waals surface area contributed by atoms with Gasteiger partial charge >= 0.3 is 0 Å². The Hall–Kier alpha value is -3.34. The van der Waals surface area contributed by atoms with Crippen LogP contribution in [0.1, 0.15) is 31.8 Å². The highest BCUT2D eigenvalue weighted by Gasteiger charge is 2.28. The van der Waals surface area contributed by atoms with Gasteiger partial charge in [0.15, 0.2) is 0 Å². The molecule has 3 rings (SSSR count). The molecule has 1 aromatic heterocycles. The van der Waals surface area contributed by atoms with Crippen molar-refractivity contribution >= 4 is 17.8 Å². The number of aromatic nitrogens is 2. The van der Waals surface area contributed by atoms with E-state index in [1.807, 2.05) is 26.0 Å². The van der Waals surface area contributed by atoms with Crippen LogP contribution >= 0.6 is 0 Å². The lowest BCUT2D eigenvalue weighted by molar-refractivity contribution is 0.0895. The Kier molecular flexibility index (Phi) is 4.66. The highest BCUT2D eigenvalue weighted by molar-refractivity contribution is 6.24. The molecule has 0 aliphatic carbocycles. The fourth-order valence-corrected chi connectivity index (χ4v) is 2.49. The van der Waals surface area contributed by atoms with Crippen molar-refractivity contribution in [3.8, 4) is 0 Å². The van der Waals surface area contributed by atoms with E-state index in [1.54, 1.807) is 42.5 Å². The quantitative estimate of drug-likeness (QED) is 0.688. The maximum atomic E-state index is 13.0. The van der Waals surface area contributed by atoms with Gasteiger partial charge in [-0.05, 0) is 44.2 Å². The zero-order valence-corrected chi connectivity index (χ0v) is 14.0. The van der Waals surface area contributed by atoms with Gasteiger partial charge in [0.2, 0.25) is 5.95 Å². The van der Waals surface area contributed by atoms with Gasteiger partial charge in [-0.2, -0.15) is 0 Å². The van der Waals surface area contributed by atoms with Gasteiger partial charge in [-0.25, -0.2) is 14.9 Å². The first-order chi connectivity index (χ1) is 12.1. The molecule has 25 heavy (non-hydrogen) atoms. The average molecular weight is 331 g/mol. The molecule has 0 N–H and O–H groups in total. The van der Waals surface area contributed by atoms with Crippen molar-refractivity contribution in [3.05, 3.63) is 89.2 Å². The first-order valence-corrected chi connectivity index (χ1v) is 7.85. The lowest BCUT2D eigenvalue weighted by atomic mass is 10.1. The predicted molar refractivity (Wildman–Crippen MR) is 95.5 cm³/mol. The van der Waals surface area contributed by atoms with Crippen LogP contribution in [0.3, 0.4) is 0 Å². The number of amides is 2. The molecule has 0 spiro atoms. The second-order valence-corrected chi connectivity index (χ2v) is 5.73. The van der Waals surface area contributed by atoms with Crippen LogP contribution in [-0.2, 0) is 0 Å². The molecule has 0 saturated heterocycles. The van der Waals surface area contributed by atoms with Gasteiger partial charge in [-0.3, -0.25) is 9.59 Å². The number of carbonyl (C=O) groups excluding carboxylic acids is 2. The number of hydrogen-bond acceptors (Lipinski definition) is 4. The first kappa shape index (κ1) is 16.5. The van der Waals surface area contributed by atoms with E-state index >= 15 is 0 Å². The van der Waals surface area contributed by atoms with Crippen LogP contribution in [-0.4, -0.2) is 21.8 Å². The third-order valence-corrected chi connectivity index (χ3v) is 3.69. The Bertz CT molecular complexity index is 865. The maximum absolute atomic E-state index is 13.0. The Morgan fingerprint density at radius 3 is 1.68 bits per heavy atom. The number of carbonyl (C=O) groups is 2. The summed E-state index contributed by atoms with van der Waals surface area (Å²) < 4.78 is 0. The van der Waals surface area contributed by atoms with Gasteiger partial charge in [-0.15, -0.1) is 0 Å². The third-order valence-electron chi connectivity index (χ3n) is 3.69. The van der Waals surface area contributed by atoms with Crippen molar-refractivity contribution in [1.29, 1.82) is 0 Å². The summed E-state index contributed by atoms with van der Waals surface area (Å²) in [6.07, 6.45) is 3.00. The highest BCUT2D eigenvalue weighted by Crippen LogP contribution is 2.17. The van der Waals surface area contributed by atoms with Crippen molar-refractivity contribution in [2.24, 2.45) is 0 Å². The topological polar surface area (TPSA) is 63.2 Å². The number of nitrogens with zero attached hydrogens (tertiary/aromatic N) is 3. The Labute approximate surface area is 146 Å². The second-order valence-electron chi connectivity index (χ2n) is 5.73. The second kappa shape index (κ2) is 7.05. The number of imide groups is 1. The van der Waals surface area contributed by atoms with E-state index in [4.69, 9.17) is 0 Å². The van der Waals surface area contributed by atoms with E-state index in [-0.39, 0.29) is 5.95 Å². The molecule has 0 bridgehead atoms. The fraction of sp³-hybridized carbons (Fsp3) is 0.100. The SMILES string of the molecule is Cc1cccc(C(=O)N(C(=O)c2cccc(C)c2)c2ncccn2)c1. The number of hydrogen-bond donors (Lipinski definition) is 0. The monoisotopic (exact) mass is 331 g/mol. The van der Waals surface area contributed by atoms with E-state index in [9.17, 15) is 9.59 Å². The average Bonchev–Trinajstić information content (AvgIpc) is 2.62. The summed E-state index contributed by atoms with van der Waals surface area (Å²) in [7, 11) is 0. The standard InChI is InChI=1S/C20H17N3O2/c1-14-6-3-8-16(12-14)18(24)23(20-21-10-5-11-22-20)19(25)17-9-4-7-15(2)13-17/h3-13H,1-2H3. The van der Waals surface area contributed by atoms with Crippen LogP contribution in [0.15, 0.2) is 67.0 Å². The van der Waals surface area contributed by atoms with Gasteiger partial charge in [-0.1, -0.05) is 35.4 Å². The summed E-state index contributed by atoms with van der Waals surface area (Å²) in [6.45, 7) is 3.78. The van der Waals surface area contributed by atoms with Crippen LogP contribution in [0.5, 0.6) is 0 Å². The van der Waals surface area contributed by atoms with Crippen molar-refractivity contribution in [1.82, 2.24) is 9.97 Å². The summed E-state index contributed by atoms with van der Waals surface area (Å²) in [4.78, 5) is 35.2. The van der Waals surface area contributed by atoms with Gasteiger partial charge in [0.25, 0.3) is 11.8 Å². The van der Waals surface area contributed by atoms with Gasteiger partial charge < -0.3 is 0 Å². The molecular formula is C20H17N3O2. The van der Waals surface area contributed by atoms with Crippen LogP contribution < -0.4 is 4.90 Å². The van der Waals surface area contributed by atoms with Crippen molar-refractivity contribution in [2.75, 3.05) is 4.90 Å². The van der Waals surface area contributed by atoms with Crippen LogP contribution in [0.2, 0.25) is 0 Å². The minimum Gasteiger partial charge on any atom is -0.268 e. The van der Waals surface area contributed by atoms with Crippen molar-refractivity contribution < 1.29 is 9.59 Å². The molecule has 3 aromatic rings. The van der Waals surface area contributed by atoms with Gasteiger partial charge in [0, 0.05) is 23.5 Å². The van der Waals surface area contributed by atoms with Gasteiger partial charge in [0.05, 0.1) is 0 Å². The Morgan fingerprint density at radius 2 is 1.24 bits per heavy atom. The summed E-state index contributed by atoms with van der Waals surface area (Å²) in [5.74, 6) is -0.858. The Balaban J connectivity index is 2.07.